The third kappa shape index (κ3) is 3.16. The minimum absolute atomic E-state index is 0.284. The second-order valence-corrected chi connectivity index (χ2v) is 4.96. The predicted molar refractivity (Wildman–Crippen MR) is 72.3 cm³/mol. The van der Waals surface area contributed by atoms with Gasteiger partial charge in [0.15, 0.2) is 0 Å². The van der Waals surface area contributed by atoms with Crippen LogP contribution in [-0.2, 0) is 6.54 Å². The number of nitrogens with zero attached hydrogens (tertiary/aromatic N) is 2. The number of hydrogen-bond acceptors (Lipinski definition) is 4. The highest BCUT2D eigenvalue weighted by molar-refractivity contribution is 5.88. The fourth-order valence-electron chi connectivity index (χ4n) is 2.85. The van der Waals surface area contributed by atoms with Gasteiger partial charge < -0.3 is 9.52 Å². The molecule has 19 heavy (non-hydrogen) atoms. The van der Waals surface area contributed by atoms with Gasteiger partial charge in [0, 0.05) is 19.1 Å². The summed E-state index contributed by atoms with van der Waals surface area (Å²) in [6.45, 7) is 9.07. The van der Waals surface area contributed by atoms with E-state index in [0.717, 1.165) is 32.6 Å². The van der Waals surface area contributed by atoms with Crippen LogP contribution >= 0.6 is 0 Å². The fraction of sp³-hybridized carbons (Fsp3) is 0.643. The van der Waals surface area contributed by atoms with E-state index in [-0.39, 0.29) is 5.56 Å². The first-order chi connectivity index (χ1) is 9.15. The molecule has 0 spiro atoms. The summed E-state index contributed by atoms with van der Waals surface area (Å²) >= 11 is 0. The van der Waals surface area contributed by atoms with Gasteiger partial charge in [-0.05, 0) is 25.6 Å². The van der Waals surface area contributed by atoms with Gasteiger partial charge in [0.1, 0.15) is 11.3 Å². The lowest BCUT2D eigenvalue weighted by atomic mass is 10.2. The Morgan fingerprint density at radius 2 is 2.26 bits per heavy atom. The van der Waals surface area contributed by atoms with Crippen LogP contribution in [-0.4, -0.2) is 53.1 Å². The van der Waals surface area contributed by atoms with Crippen molar-refractivity contribution < 1.29 is 14.3 Å². The first kappa shape index (κ1) is 14.1. The zero-order valence-corrected chi connectivity index (χ0v) is 11.6. The van der Waals surface area contributed by atoms with E-state index in [2.05, 4.69) is 23.6 Å². The predicted octanol–water partition coefficient (Wildman–Crippen LogP) is 1.89. The average Bonchev–Trinajstić information content (AvgIpc) is 3.01. The molecule has 0 bridgehead atoms. The molecule has 1 N–H and O–H groups in total. The highest BCUT2D eigenvalue weighted by Gasteiger charge is 2.27. The summed E-state index contributed by atoms with van der Waals surface area (Å²) in [5, 5.41) is 9.06. The van der Waals surface area contributed by atoms with E-state index in [4.69, 9.17) is 9.52 Å². The lowest BCUT2D eigenvalue weighted by Crippen LogP contribution is -2.37. The van der Waals surface area contributed by atoms with Crippen LogP contribution in [0.25, 0.3) is 0 Å². The first-order valence-corrected chi connectivity index (χ1v) is 6.91. The monoisotopic (exact) mass is 266 g/mol. The molecule has 0 radical (unpaired) electrons. The maximum absolute atomic E-state index is 11.0. The van der Waals surface area contributed by atoms with Gasteiger partial charge in [0.25, 0.3) is 0 Å². The van der Waals surface area contributed by atoms with Gasteiger partial charge in [-0.15, -0.1) is 0 Å². The lowest BCUT2D eigenvalue weighted by molar-refractivity contribution is 0.0693. The molecule has 1 aliphatic heterocycles. The Balaban J connectivity index is 1.95. The van der Waals surface area contributed by atoms with Crippen LogP contribution in [0.3, 0.4) is 0 Å². The van der Waals surface area contributed by atoms with Crippen molar-refractivity contribution >= 4 is 5.97 Å². The van der Waals surface area contributed by atoms with E-state index in [0.29, 0.717) is 18.3 Å². The van der Waals surface area contributed by atoms with E-state index < -0.39 is 5.97 Å². The van der Waals surface area contributed by atoms with Gasteiger partial charge in [-0.25, -0.2) is 4.79 Å². The number of furan rings is 1. The molecule has 1 unspecified atom stereocenters. The molecule has 1 aliphatic rings. The number of carbonyl (C=O) groups is 1. The van der Waals surface area contributed by atoms with Gasteiger partial charge in [-0.3, -0.25) is 9.80 Å². The molecule has 2 heterocycles. The zero-order chi connectivity index (χ0) is 13.8. The Hall–Kier alpha value is -1.33. The van der Waals surface area contributed by atoms with E-state index in [1.165, 1.54) is 12.3 Å². The molecular formula is C14H22N2O3. The second-order valence-electron chi connectivity index (χ2n) is 4.96. The third-order valence-electron chi connectivity index (χ3n) is 3.92. The van der Waals surface area contributed by atoms with Crippen LogP contribution in [0.5, 0.6) is 0 Å². The molecule has 1 saturated heterocycles. The summed E-state index contributed by atoms with van der Waals surface area (Å²) in [7, 11) is 0. The Morgan fingerprint density at radius 3 is 2.89 bits per heavy atom. The first-order valence-electron chi connectivity index (χ1n) is 6.91. The van der Waals surface area contributed by atoms with Crippen molar-refractivity contribution in [2.24, 2.45) is 0 Å². The van der Waals surface area contributed by atoms with Gasteiger partial charge >= 0.3 is 5.97 Å². The average molecular weight is 266 g/mol. The smallest absolute Gasteiger partial charge is 0.339 e. The number of aromatic carboxylic acids is 1. The molecule has 1 atom stereocenters. The van der Waals surface area contributed by atoms with E-state index in [9.17, 15) is 4.79 Å². The number of hydrogen-bond donors (Lipinski definition) is 1. The van der Waals surface area contributed by atoms with Crippen LogP contribution in [0, 0.1) is 0 Å². The SMILES string of the molecule is CCN(CC)C1CCN(Cc2occc2C(=O)O)C1. The van der Waals surface area contributed by atoms with Crippen molar-refractivity contribution in [2.45, 2.75) is 32.9 Å². The Morgan fingerprint density at radius 1 is 1.53 bits per heavy atom. The summed E-state index contributed by atoms with van der Waals surface area (Å²) in [5.74, 6) is -0.351. The van der Waals surface area contributed by atoms with E-state index >= 15 is 0 Å². The van der Waals surface area contributed by atoms with Crippen molar-refractivity contribution in [1.29, 1.82) is 0 Å². The van der Waals surface area contributed by atoms with Crippen molar-refractivity contribution in [2.75, 3.05) is 26.2 Å². The highest BCUT2D eigenvalue weighted by Crippen LogP contribution is 2.20. The molecule has 5 heteroatoms. The van der Waals surface area contributed by atoms with Gasteiger partial charge in [-0.2, -0.15) is 0 Å². The molecule has 1 aromatic rings. The molecule has 0 saturated carbocycles. The molecule has 1 fully saturated rings. The van der Waals surface area contributed by atoms with Crippen LogP contribution in [0.15, 0.2) is 16.7 Å². The molecular weight excluding hydrogens is 244 g/mol. The summed E-state index contributed by atoms with van der Waals surface area (Å²) < 4.78 is 5.30. The molecule has 0 aromatic carbocycles. The summed E-state index contributed by atoms with van der Waals surface area (Å²) in [6, 6.07) is 2.11. The topological polar surface area (TPSA) is 56.9 Å². The number of rotatable bonds is 6. The molecule has 2 rings (SSSR count). The van der Waals surface area contributed by atoms with Crippen molar-refractivity contribution in [3.63, 3.8) is 0 Å². The van der Waals surface area contributed by atoms with Gasteiger partial charge in [0.05, 0.1) is 12.8 Å². The number of carboxylic acid groups (broad SMARTS) is 1. The largest absolute Gasteiger partial charge is 0.478 e. The minimum atomic E-state index is -0.914. The van der Waals surface area contributed by atoms with Gasteiger partial charge in [-0.1, -0.05) is 13.8 Å². The second kappa shape index (κ2) is 6.21. The molecule has 0 amide bonds. The molecule has 0 aliphatic carbocycles. The standard InChI is InChI=1S/C14H22N2O3/c1-3-16(4-2)11-5-7-15(9-11)10-13-12(14(17)18)6-8-19-13/h6,8,11H,3-5,7,9-10H2,1-2H3,(H,17,18). The van der Waals surface area contributed by atoms with Crippen LogP contribution in [0.1, 0.15) is 36.4 Å². The Kier molecular flexibility index (Phi) is 4.61. The third-order valence-corrected chi connectivity index (χ3v) is 3.92. The zero-order valence-electron chi connectivity index (χ0n) is 11.6. The normalized spacial score (nSPS) is 20.3. The van der Waals surface area contributed by atoms with Crippen LogP contribution in [0.2, 0.25) is 0 Å². The van der Waals surface area contributed by atoms with Crippen LogP contribution in [0.4, 0.5) is 0 Å². The van der Waals surface area contributed by atoms with Crippen molar-refractivity contribution in [3.8, 4) is 0 Å². The number of likely N-dealkylation sites (tertiary alicyclic amines) is 1. The lowest BCUT2D eigenvalue weighted by Gasteiger charge is -2.26. The number of likely N-dealkylation sites (N-methyl/N-ethyl adjacent to an activating group) is 1. The quantitative estimate of drug-likeness (QED) is 0.852. The highest BCUT2D eigenvalue weighted by atomic mass is 16.4. The molecule has 106 valence electrons. The maximum Gasteiger partial charge on any atom is 0.339 e. The summed E-state index contributed by atoms with van der Waals surface area (Å²) in [4.78, 5) is 15.8. The van der Waals surface area contributed by atoms with E-state index in [1.807, 2.05) is 0 Å². The van der Waals surface area contributed by atoms with E-state index in [1.54, 1.807) is 0 Å². The summed E-state index contributed by atoms with van der Waals surface area (Å²) in [6.07, 6.45) is 2.60. The fourth-order valence-corrected chi connectivity index (χ4v) is 2.85. The minimum Gasteiger partial charge on any atom is -0.478 e. The number of carboxylic acids is 1. The van der Waals surface area contributed by atoms with Crippen LogP contribution < -0.4 is 0 Å². The Bertz CT molecular complexity index is 426. The Labute approximate surface area is 113 Å². The van der Waals surface area contributed by atoms with Crippen molar-refractivity contribution in [1.82, 2.24) is 9.80 Å². The van der Waals surface area contributed by atoms with Crippen molar-refractivity contribution in [3.05, 3.63) is 23.7 Å². The molecule has 1 aromatic heterocycles. The summed E-state index contributed by atoms with van der Waals surface area (Å²) in [5.41, 5.74) is 0.284. The maximum atomic E-state index is 11.0. The van der Waals surface area contributed by atoms with Gasteiger partial charge in [0.2, 0.25) is 0 Å². The molecule has 5 nitrogen and oxygen atoms in total.